The highest BCUT2D eigenvalue weighted by Crippen LogP contribution is 2.29. The second-order valence-corrected chi connectivity index (χ2v) is 10.6. The zero-order valence-corrected chi connectivity index (χ0v) is 23.0. The third kappa shape index (κ3) is 5.43. The van der Waals surface area contributed by atoms with E-state index >= 15 is 0 Å². The van der Waals surface area contributed by atoms with Crippen molar-refractivity contribution in [3.63, 3.8) is 0 Å². The van der Waals surface area contributed by atoms with Gasteiger partial charge in [0.2, 0.25) is 0 Å². The number of aromatic nitrogens is 4. The van der Waals surface area contributed by atoms with Gasteiger partial charge in [-0.05, 0) is 42.0 Å². The van der Waals surface area contributed by atoms with Gasteiger partial charge in [-0.2, -0.15) is 5.10 Å². The summed E-state index contributed by atoms with van der Waals surface area (Å²) in [5.74, 6) is 1.40. The Bertz CT molecular complexity index is 1640. The van der Waals surface area contributed by atoms with Crippen molar-refractivity contribution in [2.45, 2.75) is 6.42 Å². The fraction of sp³-hybridized carbons (Fsp3) is 0.172. The number of carbonyl (C=O) groups is 1. The van der Waals surface area contributed by atoms with E-state index in [4.69, 9.17) is 44.8 Å². The van der Waals surface area contributed by atoms with E-state index < -0.39 is 0 Å². The lowest BCUT2D eigenvalue weighted by atomic mass is 10.1. The molecule has 7 nitrogen and oxygen atoms in total. The largest absolute Gasteiger partial charge is 0.352 e. The molecule has 6 rings (SSSR count). The van der Waals surface area contributed by atoms with Crippen LogP contribution in [0.4, 0.5) is 5.82 Å². The predicted molar refractivity (Wildman–Crippen MR) is 155 cm³/mol. The van der Waals surface area contributed by atoms with E-state index in [2.05, 4.69) is 22.1 Å². The second kappa shape index (κ2) is 10.8. The van der Waals surface area contributed by atoms with Gasteiger partial charge in [-0.15, -0.1) is 0 Å². The molecule has 0 N–H and O–H groups in total. The molecule has 3 heterocycles. The van der Waals surface area contributed by atoms with E-state index in [9.17, 15) is 4.79 Å². The number of amides is 1. The Morgan fingerprint density at radius 3 is 2.26 bits per heavy atom. The highest BCUT2D eigenvalue weighted by atomic mass is 35.5. The third-order valence-electron chi connectivity index (χ3n) is 6.69. The minimum absolute atomic E-state index is 0.0922. The monoisotopic (exact) mass is 576 g/mol. The number of halogens is 3. The van der Waals surface area contributed by atoms with E-state index in [1.165, 1.54) is 0 Å². The van der Waals surface area contributed by atoms with E-state index in [1.807, 2.05) is 47.4 Å². The number of hydrogen-bond acceptors (Lipinski definition) is 5. The molecule has 1 amide bonds. The highest BCUT2D eigenvalue weighted by molar-refractivity contribution is 6.35. The summed E-state index contributed by atoms with van der Waals surface area (Å²) in [5.41, 5.74) is 3.13. The fourth-order valence-electron chi connectivity index (χ4n) is 4.81. The standard InChI is InChI=1S/C29H23Cl3N6O/c30-21-7-4-8-24(17-21)38-28-25(18-33-38)27(34-26(35-28)13-19-5-2-1-3-6-19)36-9-11-37(12-10-36)29(39)20-14-22(31)16-23(32)15-20/h1-8,14-18H,9-13H2. The van der Waals surface area contributed by atoms with Gasteiger partial charge in [0, 0.05) is 53.2 Å². The van der Waals surface area contributed by atoms with Crippen LogP contribution in [0.1, 0.15) is 21.7 Å². The molecule has 3 aromatic carbocycles. The first-order chi connectivity index (χ1) is 18.9. The Morgan fingerprint density at radius 1 is 0.795 bits per heavy atom. The smallest absolute Gasteiger partial charge is 0.254 e. The molecule has 1 aliphatic heterocycles. The molecule has 0 atom stereocenters. The Balaban J connectivity index is 1.33. The summed E-state index contributed by atoms with van der Waals surface area (Å²) in [6.07, 6.45) is 2.38. The van der Waals surface area contributed by atoms with Crippen LogP contribution in [-0.2, 0) is 6.42 Å². The lowest BCUT2D eigenvalue weighted by Crippen LogP contribution is -2.49. The molecule has 0 bridgehead atoms. The maximum Gasteiger partial charge on any atom is 0.254 e. The molecule has 0 aliphatic carbocycles. The summed E-state index contributed by atoms with van der Waals surface area (Å²) in [6, 6.07) is 22.6. The molecule has 39 heavy (non-hydrogen) atoms. The third-order valence-corrected chi connectivity index (χ3v) is 7.36. The molecular formula is C29H23Cl3N6O. The van der Waals surface area contributed by atoms with Crippen molar-refractivity contribution in [3.8, 4) is 5.69 Å². The maximum atomic E-state index is 13.1. The van der Waals surface area contributed by atoms with Crippen LogP contribution in [-0.4, -0.2) is 56.7 Å². The van der Waals surface area contributed by atoms with Crippen molar-refractivity contribution in [2.75, 3.05) is 31.1 Å². The second-order valence-electron chi connectivity index (χ2n) is 9.34. The van der Waals surface area contributed by atoms with E-state index in [-0.39, 0.29) is 5.91 Å². The molecule has 0 spiro atoms. The summed E-state index contributed by atoms with van der Waals surface area (Å²) < 4.78 is 1.80. The van der Waals surface area contributed by atoms with Crippen molar-refractivity contribution in [2.24, 2.45) is 0 Å². The zero-order valence-electron chi connectivity index (χ0n) is 20.8. The molecule has 1 aliphatic rings. The Labute approximate surface area is 240 Å². The number of nitrogens with zero attached hydrogens (tertiary/aromatic N) is 6. The average molecular weight is 578 g/mol. The van der Waals surface area contributed by atoms with Crippen molar-refractivity contribution in [1.82, 2.24) is 24.6 Å². The molecule has 1 fully saturated rings. The Morgan fingerprint density at radius 2 is 1.54 bits per heavy atom. The van der Waals surface area contributed by atoms with Gasteiger partial charge in [-0.1, -0.05) is 71.2 Å². The summed E-state index contributed by atoms with van der Waals surface area (Å²) in [6.45, 7) is 2.29. The van der Waals surface area contributed by atoms with E-state index in [1.54, 1.807) is 29.1 Å². The molecular weight excluding hydrogens is 555 g/mol. The normalized spacial score (nSPS) is 13.7. The van der Waals surface area contributed by atoms with Gasteiger partial charge in [0.25, 0.3) is 5.91 Å². The summed E-state index contributed by atoms with van der Waals surface area (Å²) in [7, 11) is 0. The van der Waals surface area contributed by atoms with Gasteiger partial charge in [-0.3, -0.25) is 4.79 Å². The molecule has 196 valence electrons. The highest BCUT2D eigenvalue weighted by Gasteiger charge is 2.26. The van der Waals surface area contributed by atoms with Crippen LogP contribution in [0.2, 0.25) is 15.1 Å². The quantitative estimate of drug-likeness (QED) is 0.244. The molecule has 0 saturated carbocycles. The molecule has 10 heteroatoms. The molecule has 1 saturated heterocycles. The van der Waals surface area contributed by atoms with Crippen molar-refractivity contribution in [1.29, 1.82) is 0 Å². The Hall–Kier alpha value is -3.65. The van der Waals surface area contributed by atoms with Crippen LogP contribution in [0.5, 0.6) is 0 Å². The summed E-state index contributed by atoms with van der Waals surface area (Å²) in [5, 5.41) is 6.99. The number of carbonyl (C=O) groups excluding carboxylic acids is 1. The minimum atomic E-state index is -0.0922. The molecule has 2 aromatic heterocycles. The lowest BCUT2D eigenvalue weighted by Gasteiger charge is -2.35. The fourth-order valence-corrected chi connectivity index (χ4v) is 5.52. The van der Waals surface area contributed by atoms with Gasteiger partial charge >= 0.3 is 0 Å². The number of rotatable bonds is 5. The van der Waals surface area contributed by atoms with Crippen LogP contribution in [0.3, 0.4) is 0 Å². The van der Waals surface area contributed by atoms with Crippen LogP contribution in [0.15, 0.2) is 79.0 Å². The van der Waals surface area contributed by atoms with Gasteiger partial charge in [0.1, 0.15) is 11.6 Å². The topological polar surface area (TPSA) is 67.2 Å². The summed E-state index contributed by atoms with van der Waals surface area (Å²) in [4.78, 5) is 27.1. The lowest BCUT2D eigenvalue weighted by molar-refractivity contribution is 0.0746. The van der Waals surface area contributed by atoms with Crippen molar-refractivity contribution >= 4 is 57.6 Å². The first-order valence-electron chi connectivity index (χ1n) is 12.5. The van der Waals surface area contributed by atoms with Gasteiger partial charge < -0.3 is 9.80 Å². The van der Waals surface area contributed by atoms with Gasteiger partial charge in [0.15, 0.2) is 5.65 Å². The van der Waals surface area contributed by atoms with Crippen LogP contribution in [0, 0.1) is 0 Å². The maximum absolute atomic E-state index is 13.1. The van der Waals surface area contributed by atoms with Crippen LogP contribution in [0.25, 0.3) is 16.7 Å². The van der Waals surface area contributed by atoms with E-state index in [0.717, 1.165) is 22.5 Å². The Kier molecular flexibility index (Phi) is 7.12. The average Bonchev–Trinajstić information content (AvgIpc) is 3.36. The van der Waals surface area contributed by atoms with Gasteiger partial charge in [0.05, 0.1) is 17.3 Å². The zero-order chi connectivity index (χ0) is 26.9. The first kappa shape index (κ1) is 25.6. The SMILES string of the molecule is O=C(c1cc(Cl)cc(Cl)c1)N1CCN(c2nc(Cc3ccccc3)nc3c2cnn3-c2cccc(Cl)c2)CC1. The molecule has 0 radical (unpaired) electrons. The number of fused-ring (bicyclic) bond motifs is 1. The predicted octanol–water partition coefficient (Wildman–Crippen LogP) is 6.33. The van der Waals surface area contributed by atoms with Crippen LogP contribution >= 0.6 is 34.8 Å². The number of hydrogen-bond donors (Lipinski definition) is 0. The van der Waals surface area contributed by atoms with E-state index in [0.29, 0.717) is 64.7 Å². The minimum Gasteiger partial charge on any atom is -0.352 e. The number of benzene rings is 3. The van der Waals surface area contributed by atoms with Crippen molar-refractivity contribution < 1.29 is 4.79 Å². The number of piperazine rings is 1. The number of anilines is 1. The molecule has 5 aromatic rings. The molecule has 0 unspecified atom stereocenters. The van der Waals surface area contributed by atoms with Crippen molar-refractivity contribution in [3.05, 3.63) is 111 Å². The first-order valence-corrected chi connectivity index (χ1v) is 13.6. The summed E-state index contributed by atoms with van der Waals surface area (Å²) >= 11 is 18.5. The van der Waals surface area contributed by atoms with Gasteiger partial charge in [-0.25, -0.2) is 14.6 Å². The van der Waals surface area contributed by atoms with Crippen LogP contribution < -0.4 is 4.90 Å².